The normalized spacial score (nSPS) is 11.2. The van der Waals surface area contributed by atoms with Crippen LogP contribution in [-0.4, -0.2) is 20.9 Å². The summed E-state index contributed by atoms with van der Waals surface area (Å²) in [6, 6.07) is 10.8. The van der Waals surface area contributed by atoms with Crippen molar-refractivity contribution in [1.29, 1.82) is 0 Å². The van der Waals surface area contributed by atoms with Gasteiger partial charge in [-0.05, 0) is 62.1 Å². The van der Waals surface area contributed by atoms with Crippen LogP contribution in [0.25, 0.3) is 0 Å². The molecule has 0 unspecified atom stereocenters. The van der Waals surface area contributed by atoms with E-state index in [2.05, 4.69) is 10.3 Å². The van der Waals surface area contributed by atoms with Crippen molar-refractivity contribution in [3.8, 4) is 5.75 Å². The van der Waals surface area contributed by atoms with Crippen LogP contribution in [0.5, 0.6) is 5.75 Å². The van der Waals surface area contributed by atoms with Crippen molar-refractivity contribution in [2.45, 2.75) is 32.6 Å². The molecule has 2 N–H and O–H groups in total. The molecule has 0 aliphatic carbocycles. The van der Waals surface area contributed by atoms with Gasteiger partial charge in [0.1, 0.15) is 5.75 Å². The molecule has 1 amide bonds. The number of aryl methyl sites for hydroxylation is 4. The third-order valence-corrected chi connectivity index (χ3v) is 5.05. The minimum Gasteiger partial charge on any atom is -0.483 e. The zero-order chi connectivity index (χ0) is 18.6. The average Bonchev–Trinajstić information content (AvgIpc) is 2.56. The molecular formula is C18H22N2O4S. The molecule has 0 bridgehead atoms. The highest BCUT2D eigenvalue weighted by atomic mass is 32.2. The van der Waals surface area contributed by atoms with Crippen LogP contribution < -0.4 is 15.0 Å². The van der Waals surface area contributed by atoms with Gasteiger partial charge in [0.05, 0.1) is 4.90 Å². The Morgan fingerprint density at radius 1 is 0.960 bits per heavy atom. The Hall–Kier alpha value is -2.38. The Morgan fingerprint density at radius 3 is 2.24 bits per heavy atom. The van der Waals surface area contributed by atoms with Crippen LogP contribution in [0.15, 0.2) is 41.3 Å². The van der Waals surface area contributed by atoms with E-state index in [-0.39, 0.29) is 11.5 Å². The summed E-state index contributed by atoms with van der Waals surface area (Å²) < 4.78 is 30.1. The molecule has 0 aromatic heterocycles. The molecule has 0 aliphatic heterocycles. The van der Waals surface area contributed by atoms with Crippen LogP contribution in [0.2, 0.25) is 0 Å². The van der Waals surface area contributed by atoms with Crippen molar-refractivity contribution in [3.05, 3.63) is 58.7 Å². The summed E-state index contributed by atoms with van der Waals surface area (Å²) in [6.45, 7) is 6.99. The predicted octanol–water partition coefficient (Wildman–Crippen LogP) is 2.31. The van der Waals surface area contributed by atoms with Gasteiger partial charge in [0.2, 0.25) is 0 Å². The summed E-state index contributed by atoms with van der Waals surface area (Å²) in [7, 11) is -3.84. The maximum Gasteiger partial charge on any atom is 0.272 e. The van der Waals surface area contributed by atoms with Gasteiger partial charge in [0, 0.05) is 0 Å². The van der Waals surface area contributed by atoms with Crippen molar-refractivity contribution in [2.75, 3.05) is 6.61 Å². The highest BCUT2D eigenvalue weighted by Gasteiger charge is 2.18. The van der Waals surface area contributed by atoms with E-state index in [1.807, 2.05) is 38.1 Å². The molecule has 134 valence electrons. The first-order chi connectivity index (χ1) is 11.7. The van der Waals surface area contributed by atoms with E-state index in [1.54, 1.807) is 26.0 Å². The molecule has 25 heavy (non-hydrogen) atoms. The fourth-order valence-corrected chi connectivity index (χ4v) is 3.41. The topological polar surface area (TPSA) is 84.5 Å². The van der Waals surface area contributed by atoms with Gasteiger partial charge in [-0.1, -0.05) is 24.3 Å². The van der Waals surface area contributed by atoms with Gasteiger partial charge in [-0.3, -0.25) is 10.2 Å². The number of benzene rings is 2. The number of hydrogen-bond acceptors (Lipinski definition) is 4. The van der Waals surface area contributed by atoms with Gasteiger partial charge in [-0.15, -0.1) is 4.83 Å². The number of ether oxygens (including phenoxy) is 1. The summed E-state index contributed by atoms with van der Waals surface area (Å²) in [5.41, 5.74) is 5.49. The fourth-order valence-electron chi connectivity index (χ4n) is 2.22. The third-order valence-electron chi connectivity index (χ3n) is 3.66. The van der Waals surface area contributed by atoms with Crippen molar-refractivity contribution < 1.29 is 17.9 Å². The third kappa shape index (κ3) is 5.04. The molecule has 0 atom stereocenters. The van der Waals surface area contributed by atoms with E-state index < -0.39 is 15.9 Å². The summed E-state index contributed by atoms with van der Waals surface area (Å²) in [6.07, 6.45) is 0. The lowest BCUT2D eigenvalue weighted by atomic mass is 10.1. The second kappa shape index (κ2) is 7.67. The number of amides is 1. The van der Waals surface area contributed by atoms with Crippen LogP contribution in [0.4, 0.5) is 0 Å². The zero-order valence-electron chi connectivity index (χ0n) is 14.7. The van der Waals surface area contributed by atoms with E-state index in [0.29, 0.717) is 11.3 Å². The Kier molecular flexibility index (Phi) is 5.81. The Morgan fingerprint density at radius 2 is 1.56 bits per heavy atom. The fraction of sp³-hybridized carbons (Fsp3) is 0.278. The lowest BCUT2D eigenvalue weighted by Crippen LogP contribution is -2.43. The van der Waals surface area contributed by atoms with Gasteiger partial charge >= 0.3 is 0 Å². The lowest BCUT2D eigenvalue weighted by Gasteiger charge is -2.12. The Balaban J connectivity index is 1.97. The minimum absolute atomic E-state index is 0.128. The number of rotatable bonds is 6. The number of nitrogens with one attached hydrogen (secondary N) is 2. The molecule has 0 heterocycles. The van der Waals surface area contributed by atoms with Gasteiger partial charge in [0.15, 0.2) is 6.61 Å². The van der Waals surface area contributed by atoms with Crippen LogP contribution in [-0.2, 0) is 14.8 Å². The summed E-state index contributed by atoms with van der Waals surface area (Å²) in [5, 5.41) is 0. The first-order valence-corrected chi connectivity index (χ1v) is 9.25. The molecular weight excluding hydrogens is 340 g/mol. The van der Waals surface area contributed by atoms with Crippen molar-refractivity contribution in [1.82, 2.24) is 10.3 Å². The quantitative estimate of drug-likeness (QED) is 0.773. The van der Waals surface area contributed by atoms with E-state index in [4.69, 9.17) is 4.74 Å². The first kappa shape index (κ1) is 19.0. The molecule has 0 saturated heterocycles. The molecule has 2 aromatic carbocycles. The maximum atomic E-state index is 12.3. The number of sulfonamides is 1. The molecule has 0 fully saturated rings. The second-order valence-electron chi connectivity index (χ2n) is 5.98. The van der Waals surface area contributed by atoms with Crippen LogP contribution in [0.3, 0.4) is 0 Å². The van der Waals surface area contributed by atoms with E-state index in [9.17, 15) is 13.2 Å². The predicted molar refractivity (Wildman–Crippen MR) is 95.8 cm³/mol. The second-order valence-corrected chi connectivity index (χ2v) is 7.63. The van der Waals surface area contributed by atoms with Crippen LogP contribution in [0.1, 0.15) is 22.3 Å². The lowest BCUT2D eigenvalue weighted by molar-refractivity contribution is -0.123. The van der Waals surface area contributed by atoms with E-state index >= 15 is 0 Å². The van der Waals surface area contributed by atoms with E-state index in [0.717, 1.165) is 16.7 Å². The highest BCUT2D eigenvalue weighted by molar-refractivity contribution is 7.89. The molecule has 6 nitrogen and oxygen atoms in total. The number of carbonyl (C=O) groups excluding carboxylic acids is 1. The van der Waals surface area contributed by atoms with Gasteiger partial charge in [0.25, 0.3) is 15.9 Å². The van der Waals surface area contributed by atoms with Crippen LogP contribution >= 0.6 is 0 Å². The summed E-state index contributed by atoms with van der Waals surface area (Å²) in [4.78, 5) is 14.1. The van der Waals surface area contributed by atoms with Crippen molar-refractivity contribution >= 4 is 15.9 Å². The molecule has 2 rings (SSSR count). The first-order valence-electron chi connectivity index (χ1n) is 7.77. The molecule has 0 radical (unpaired) electrons. The number of carbonyl (C=O) groups is 1. The van der Waals surface area contributed by atoms with Crippen molar-refractivity contribution in [2.24, 2.45) is 0 Å². The van der Waals surface area contributed by atoms with Gasteiger partial charge in [-0.25, -0.2) is 8.42 Å². The molecule has 0 spiro atoms. The largest absolute Gasteiger partial charge is 0.483 e. The standard InChI is InChI=1S/C18H22N2O4S/c1-12-5-7-14(3)16(9-12)24-11-18(21)19-20-25(22,23)17-10-13(2)6-8-15(17)4/h5-10,20H,11H2,1-4H3,(H,19,21). The molecule has 0 saturated carbocycles. The van der Waals surface area contributed by atoms with Crippen molar-refractivity contribution in [3.63, 3.8) is 0 Å². The highest BCUT2D eigenvalue weighted by Crippen LogP contribution is 2.19. The summed E-state index contributed by atoms with van der Waals surface area (Å²) in [5.74, 6) is 0.00215. The number of hydrazine groups is 1. The van der Waals surface area contributed by atoms with E-state index in [1.165, 1.54) is 0 Å². The molecule has 7 heteroatoms. The van der Waals surface area contributed by atoms with Gasteiger partial charge in [-0.2, -0.15) is 0 Å². The SMILES string of the molecule is Cc1ccc(C)c(OCC(=O)NNS(=O)(=O)c2cc(C)ccc2C)c1. The summed E-state index contributed by atoms with van der Waals surface area (Å²) >= 11 is 0. The van der Waals surface area contributed by atoms with Crippen LogP contribution in [0, 0.1) is 27.7 Å². The molecule has 0 aliphatic rings. The zero-order valence-corrected chi connectivity index (χ0v) is 15.5. The number of hydrogen-bond donors (Lipinski definition) is 2. The molecule has 2 aromatic rings. The Bertz CT molecular complexity index is 892. The smallest absolute Gasteiger partial charge is 0.272 e. The Labute approximate surface area is 148 Å². The minimum atomic E-state index is -3.84. The van der Waals surface area contributed by atoms with Gasteiger partial charge < -0.3 is 4.74 Å². The maximum absolute atomic E-state index is 12.3. The monoisotopic (exact) mass is 362 g/mol. The average molecular weight is 362 g/mol.